The summed E-state index contributed by atoms with van der Waals surface area (Å²) in [7, 11) is 1.81. The van der Waals surface area contributed by atoms with Gasteiger partial charge in [-0.15, -0.1) is 0 Å². The summed E-state index contributed by atoms with van der Waals surface area (Å²) < 4.78 is 2.13. The van der Waals surface area contributed by atoms with E-state index in [2.05, 4.69) is 28.1 Å². The number of carbonyl (C=O) groups is 2. The van der Waals surface area contributed by atoms with Crippen LogP contribution in [-0.2, 0) is 11.3 Å². The van der Waals surface area contributed by atoms with Crippen LogP contribution in [-0.4, -0.2) is 23.3 Å². The van der Waals surface area contributed by atoms with Crippen molar-refractivity contribution in [3.05, 3.63) is 95.8 Å². The van der Waals surface area contributed by atoms with Gasteiger partial charge in [-0.25, -0.2) is 0 Å². The van der Waals surface area contributed by atoms with Gasteiger partial charge in [0.1, 0.15) is 6.04 Å². The third-order valence-electron chi connectivity index (χ3n) is 6.57. The lowest BCUT2D eigenvalue weighted by atomic mass is 9.93. The first kappa shape index (κ1) is 20.3. The number of hydrogen-bond donors (Lipinski definition) is 1. The van der Waals surface area contributed by atoms with E-state index in [-0.39, 0.29) is 17.6 Å². The van der Waals surface area contributed by atoms with Crippen LogP contribution in [0.5, 0.6) is 0 Å². The fraction of sp³-hybridized carbons (Fsp3) is 0.259. The van der Waals surface area contributed by atoms with Crippen LogP contribution in [0.25, 0.3) is 0 Å². The molecule has 2 atom stereocenters. The summed E-state index contributed by atoms with van der Waals surface area (Å²) in [6.07, 6.45) is 8.90. The fourth-order valence-corrected chi connectivity index (χ4v) is 4.68. The van der Waals surface area contributed by atoms with Gasteiger partial charge in [0.2, 0.25) is 5.91 Å². The van der Waals surface area contributed by atoms with Crippen LogP contribution >= 0.6 is 0 Å². The number of para-hydroxylation sites is 1. The van der Waals surface area contributed by atoms with Crippen molar-refractivity contribution in [3.8, 4) is 0 Å². The number of amides is 1. The van der Waals surface area contributed by atoms with Crippen LogP contribution in [0.15, 0.2) is 79.0 Å². The average Bonchev–Trinajstić information content (AvgIpc) is 3.24. The van der Waals surface area contributed by atoms with E-state index in [1.807, 2.05) is 67.8 Å². The first-order valence-electron chi connectivity index (χ1n) is 11.2. The van der Waals surface area contributed by atoms with Crippen LogP contribution in [0, 0.1) is 5.92 Å². The molecular formula is C27H27N3O2. The van der Waals surface area contributed by atoms with Crippen molar-refractivity contribution in [2.75, 3.05) is 17.3 Å². The third kappa shape index (κ3) is 3.75. The Morgan fingerprint density at radius 1 is 1.00 bits per heavy atom. The predicted octanol–water partition coefficient (Wildman–Crippen LogP) is 5.21. The summed E-state index contributed by atoms with van der Waals surface area (Å²) in [6, 6.07) is 19.0. The SMILES string of the molecule is CN(C(=O)C1CC=CCC1)c1ccc(C(=O)C2Nc3ccccc3Cn3cccc32)cc1. The Kier molecular flexibility index (Phi) is 5.39. The first-order chi connectivity index (χ1) is 15.6. The van der Waals surface area contributed by atoms with Gasteiger partial charge >= 0.3 is 0 Å². The van der Waals surface area contributed by atoms with E-state index in [0.29, 0.717) is 5.56 Å². The average molecular weight is 426 g/mol. The number of nitrogens with one attached hydrogen (secondary N) is 1. The normalized spacial score (nSPS) is 19.3. The molecule has 0 spiro atoms. The summed E-state index contributed by atoms with van der Waals surface area (Å²) >= 11 is 0. The lowest BCUT2D eigenvalue weighted by molar-refractivity contribution is -0.122. The van der Waals surface area contributed by atoms with Gasteiger partial charge in [0.25, 0.3) is 0 Å². The van der Waals surface area contributed by atoms with E-state index in [1.54, 1.807) is 4.90 Å². The molecule has 1 aliphatic carbocycles. The van der Waals surface area contributed by atoms with E-state index in [4.69, 9.17) is 0 Å². The smallest absolute Gasteiger partial charge is 0.230 e. The van der Waals surface area contributed by atoms with Gasteiger partial charge in [0.05, 0.1) is 0 Å². The summed E-state index contributed by atoms with van der Waals surface area (Å²) in [5.41, 5.74) is 4.53. The maximum absolute atomic E-state index is 13.5. The highest BCUT2D eigenvalue weighted by atomic mass is 16.2. The predicted molar refractivity (Wildman–Crippen MR) is 127 cm³/mol. The molecule has 0 radical (unpaired) electrons. The molecule has 2 unspecified atom stereocenters. The minimum Gasteiger partial charge on any atom is -0.370 e. The summed E-state index contributed by atoms with van der Waals surface area (Å²) in [4.78, 5) is 28.1. The molecule has 0 saturated heterocycles. The number of Topliss-reactive ketones (excluding diaryl/α,β-unsaturated/α-hetero) is 1. The molecule has 1 aromatic heterocycles. The standard InChI is InChI=1S/C27H27N3O2/c1-29(27(32)20-8-3-2-4-9-20)22-15-13-19(14-16-22)26(31)25-24-12-7-17-30(24)18-21-10-5-6-11-23(21)28-25/h2-3,5-7,10-17,20,25,28H,4,8-9,18H2,1H3. The molecule has 1 amide bonds. The molecule has 3 aromatic rings. The van der Waals surface area contributed by atoms with Crippen LogP contribution in [0.2, 0.25) is 0 Å². The Hall–Kier alpha value is -3.60. The number of anilines is 2. The van der Waals surface area contributed by atoms with E-state index >= 15 is 0 Å². The minimum absolute atomic E-state index is 0.0135. The number of fused-ring (bicyclic) bond motifs is 2. The monoisotopic (exact) mass is 425 g/mol. The Morgan fingerprint density at radius 2 is 1.81 bits per heavy atom. The minimum atomic E-state index is -0.465. The van der Waals surface area contributed by atoms with Crippen molar-refractivity contribution in [1.82, 2.24) is 4.57 Å². The van der Waals surface area contributed by atoms with Crippen molar-refractivity contribution >= 4 is 23.1 Å². The van der Waals surface area contributed by atoms with Crippen LogP contribution in [0.1, 0.15) is 46.9 Å². The highest BCUT2D eigenvalue weighted by Gasteiger charge is 2.28. The third-order valence-corrected chi connectivity index (χ3v) is 6.57. The van der Waals surface area contributed by atoms with Gasteiger partial charge in [-0.3, -0.25) is 9.59 Å². The Bertz CT molecular complexity index is 1180. The zero-order chi connectivity index (χ0) is 22.1. The molecule has 2 aliphatic rings. The molecule has 5 rings (SSSR count). The molecule has 0 bridgehead atoms. The van der Waals surface area contributed by atoms with E-state index in [1.165, 1.54) is 0 Å². The fourth-order valence-electron chi connectivity index (χ4n) is 4.68. The Morgan fingerprint density at radius 3 is 2.59 bits per heavy atom. The molecule has 2 aromatic carbocycles. The van der Waals surface area contributed by atoms with Gasteiger partial charge < -0.3 is 14.8 Å². The molecule has 32 heavy (non-hydrogen) atoms. The molecule has 5 nitrogen and oxygen atoms in total. The number of rotatable bonds is 4. The van der Waals surface area contributed by atoms with E-state index in [9.17, 15) is 9.59 Å². The quantitative estimate of drug-likeness (QED) is 0.461. The van der Waals surface area contributed by atoms with Crippen molar-refractivity contribution in [3.63, 3.8) is 0 Å². The van der Waals surface area contributed by atoms with Crippen molar-refractivity contribution in [2.24, 2.45) is 5.92 Å². The van der Waals surface area contributed by atoms with Crippen LogP contribution in [0.3, 0.4) is 0 Å². The van der Waals surface area contributed by atoms with E-state index in [0.717, 1.165) is 48.4 Å². The second-order valence-corrected chi connectivity index (χ2v) is 8.59. The Balaban J connectivity index is 1.38. The van der Waals surface area contributed by atoms with Crippen molar-refractivity contribution < 1.29 is 9.59 Å². The highest BCUT2D eigenvalue weighted by Crippen LogP contribution is 2.31. The molecular weight excluding hydrogens is 398 g/mol. The molecule has 162 valence electrons. The molecule has 0 fully saturated rings. The largest absolute Gasteiger partial charge is 0.370 e. The van der Waals surface area contributed by atoms with Gasteiger partial charge in [-0.2, -0.15) is 0 Å². The van der Waals surface area contributed by atoms with Gasteiger partial charge in [0.15, 0.2) is 5.78 Å². The number of benzene rings is 2. The summed E-state index contributed by atoms with van der Waals surface area (Å²) in [5.74, 6) is 0.183. The Labute approximate surface area is 188 Å². The molecule has 0 saturated carbocycles. The first-order valence-corrected chi connectivity index (χ1v) is 11.2. The maximum Gasteiger partial charge on any atom is 0.230 e. The van der Waals surface area contributed by atoms with Gasteiger partial charge in [0, 0.05) is 48.3 Å². The second kappa shape index (κ2) is 8.50. The number of aromatic nitrogens is 1. The molecule has 2 heterocycles. The highest BCUT2D eigenvalue weighted by molar-refractivity contribution is 6.03. The van der Waals surface area contributed by atoms with Crippen molar-refractivity contribution in [2.45, 2.75) is 31.8 Å². The van der Waals surface area contributed by atoms with Crippen LogP contribution in [0.4, 0.5) is 11.4 Å². The maximum atomic E-state index is 13.5. The topological polar surface area (TPSA) is 54.3 Å². The van der Waals surface area contributed by atoms with Gasteiger partial charge in [-0.1, -0.05) is 30.4 Å². The molecule has 5 heteroatoms. The number of carbonyl (C=O) groups excluding carboxylic acids is 2. The summed E-state index contributed by atoms with van der Waals surface area (Å²) in [5, 5.41) is 3.46. The zero-order valence-electron chi connectivity index (χ0n) is 18.2. The molecule has 1 N–H and O–H groups in total. The van der Waals surface area contributed by atoms with E-state index < -0.39 is 6.04 Å². The number of allylic oxidation sites excluding steroid dienone is 2. The second-order valence-electron chi connectivity index (χ2n) is 8.59. The molecule has 1 aliphatic heterocycles. The summed E-state index contributed by atoms with van der Waals surface area (Å²) in [6.45, 7) is 0.734. The van der Waals surface area contributed by atoms with Crippen molar-refractivity contribution in [1.29, 1.82) is 0 Å². The lowest BCUT2D eigenvalue weighted by Crippen LogP contribution is -2.33. The van der Waals surface area contributed by atoms with Crippen LogP contribution < -0.4 is 10.2 Å². The number of hydrogen-bond acceptors (Lipinski definition) is 3. The van der Waals surface area contributed by atoms with Gasteiger partial charge in [-0.05, 0) is 67.3 Å². The number of ketones is 1. The lowest BCUT2D eigenvalue weighted by Gasteiger charge is -2.25. The zero-order valence-corrected chi connectivity index (χ0v) is 18.2. The number of nitrogens with zero attached hydrogens (tertiary/aromatic N) is 2.